The Morgan fingerprint density at radius 1 is 1.73 bits per heavy atom. The number of hydrogen-bond donors (Lipinski definition) is 1. The highest BCUT2D eigenvalue weighted by Gasteiger charge is 2.41. The second-order valence-electron chi connectivity index (χ2n) is 2.68. The van der Waals surface area contributed by atoms with Crippen LogP contribution in [0.2, 0.25) is 0 Å². The zero-order chi connectivity index (χ0) is 8.32. The van der Waals surface area contributed by atoms with E-state index in [9.17, 15) is 4.79 Å². The molecule has 1 rings (SSSR count). The van der Waals surface area contributed by atoms with Crippen molar-refractivity contribution in [1.29, 1.82) is 0 Å². The molecule has 0 aromatic carbocycles. The summed E-state index contributed by atoms with van der Waals surface area (Å²) in [5.74, 6) is -0.832. The number of carboxylic acids is 1. The van der Waals surface area contributed by atoms with Crippen molar-refractivity contribution in [3.05, 3.63) is 0 Å². The van der Waals surface area contributed by atoms with Crippen LogP contribution in [0.25, 0.3) is 0 Å². The smallest absolute Gasteiger partial charge is 0.306 e. The molecule has 1 aliphatic heterocycles. The molecular weight excluding hydrogens is 148 g/mol. The Morgan fingerprint density at radius 3 is 2.64 bits per heavy atom. The number of ether oxygens (including phenoxy) is 2. The van der Waals surface area contributed by atoms with E-state index in [4.69, 9.17) is 14.6 Å². The minimum Gasteiger partial charge on any atom is -0.481 e. The van der Waals surface area contributed by atoms with Crippen molar-refractivity contribution in [2.45, 2.75) is 18.9 Å². The molecule has 0 unspecified atom stereocenters. The molecule has 0 aliphatic carbocycles. The number of aliphatic carboxylic acids is 1. The van der Waals surface area contributed by atoms with Gasteiger partial charge in [-0.15, -0.1) is 0 Å². The highest BCUT2D eigenvalue weighted by atomic mass is 16.6. The third kappa shape index (κ3) is 1.91. The van der Waals surface area contributed by atoms with Gasteiger partial charge in [-0.25, -0.2) is 0 Å². The molecule has 4 heteroatoms. The van der Waals surface area contributed by atoms with Crippen LogP contribution in [0, 0.1) is 0 Å². The predicted octanol–water partition coefficient (Wildman–Crippen LogP) is 0.267. The van der Waals surface area contributed by atoms with Gasteiger partial charge in [0.15, 0.2) is 0 Å². The maximum atomic E-state index is 10.3. The van der Waals surface area contributed by atoms with Crippen LogP contribution in [0.3, 0.4) is 0 Å². The number of rotatable bonds is 4. The molecule has 11 heavy (non-hydrogen) atoms. The Bertz CT molecular complexity index is 151. The quantitative estimate of drug-likeness (QED) is 0.641. The van der Waals surface area contributed by atoms with Gasteiger partial charge in [0, 0.05) is 6.61 Å². The van der Waals surface area contributed by atoms with E-state index in [0.717, 1.165) is 0 Å². The Balaban J connectivity index is 2.39. The van der Waals surface area contributed by atoms with Gasteiger partial charge in [0.2, 0.25) is 0 Å². The summed E-state index contributed by atoms with van der Waals surface area (Å²) in [6.07, 6.45) is 0.0425. The number of carboxylic acid groups (broad SMARTS) is 1. The van der Waals surface area contributed by atoms with Crippen LogP contribution < -0.4 is 0 Å². The van der Waals surface area contributed by atoms with Crippen LogP contribution in [0.4, 0.5) is 0 Å². The van der Waals surface area contributed by atoms with E-state index >= 15 is 0 Å². The minimum atomic E-state index is -0.832. The summed E-state index contributed by atoms with van der Waals surface area (Å²) in [7, 11) is 0. The molecule has 4 nitrogen and oxygen atoms in total. The topological polar surface area (TPSA) is 55.8 Å². The molecule has 0 amide bonds. The van der Waals surface area contributed by atoms with Crippen molar-refractivity contribution in [1.82, 2.24) is 0 Å². The van der Waals surface area contributed by atoms with E-state index in [1.807, 2.05) is 6.92 Å². The highest BCUT2D eigenvalue weighted by Crippen LogP contribution is 2.25. The fraction of sp³-hybridized carbons (Fsp3) is 0.857. The normalized spacial score (nSPS) is 20.8. The van der Waals surface area contributed by atoms with Gasteiger partial charge < -0.3 is 14.6 Å². The summed E-state index contributed by atoms with van der Waals surface area (Å²) < 4.78 is 10.2. The molecule has 0 saturated carbocycles. The standard InChI is InChI=1S/C7H12O4/c1-2-11-7(3-6(8)9)4-10-5-7/h2-5H2,1H3,(H,8,9). The Kier molecular flexibility index (Phi) is 2.46. The van der Waals surface area contributed by atoms with Gasteiger partial charge >= 0.3 is 5.97 Å². The van der Waals surface area contributed by atoms with E-state index in [1.54, 1.807) is 0 Å². The molecule has 1 N–H and O–H groups in total. The van der Waals surface area contributed by atoms with Crippen molar-refractivity contribution in [3.63, 3.8) is 0 Å². The van der Waals surface area contributed by atoms with Crippen LogP contribution >= 0.6 is 0 Å². The van der Waals surface area contributed by atoms with Crippen LogP contribution in [0.5, 0.6) is 0 Å². The lowest BCUT2D eigenvalue weighted by atomic mass is 9.98. The summed E-state index contributed by atoms with van der Waals surface area (Å²) in [5, 5.41) is 8.51. The molecule has 0 radical (unpaired) electrons. The third-order valence-corrected chi connectivity index (χ3v) is 1.65. The lowest BCUT2D eigenvalue weighted by Crippen LogP contribution is -2.53. The molecule has 0 aromatic rings. The molecule has 1 saturated heterocycles. The third-order valence-electron chi connectivity index (χ3n) is 1.65. The van der Waals surface area contributed by atoms with Gasteiger partial charge in [0.1, 0.15) is 5.60 Å². The molecule has 1 aliphatic rings. The maximum absolute atomic E-state index is 10.3. The summed E-state index contributed by atoms with van der Waals surface area (Å²) in [5.41, 5.74) is -0.527. The molecular formula is C7H12O4. The first-order chi connectivity index (χ1) is 5.18. The Labute approximate surface area is 65.1 Å². The van der Waals surface area contributed by atoms with Gasteiger partial charge in [-0.3, -0.25) is 4.79 Å². The van der Waals surface area contributed by atoms with Crippen LogP contribution in [-0.4, -0.2) is 36.5 Å². The summed E-state index contributed by atoms with van der Waals surface area (Å²) in [4.78, 5) is 10.3. The first kappa shape index (κ1) is 8.49. The first-order valence-electron chi connectivity index (χ1n) is 3.62. The van der Waals surface area contributed by atoms with Crippen molar-refractivity contribution in [2.24, 2.45) is 0 Å². The van der Waals surface area contributed by atoms with E-state index in [1.165, 1.54) is 0 Å². The van der Waals surface area contributed by atoms with Crippen molar-refractivity contribution in [3.8, 4) is 0 Å². The van der Waals surface area contributed by atoms with E-state index in [-0.39, 0.29) is 6.42 Å². The zero-order valence-corrected chi connectivity index (χ0v) is 6.50. The molecule has 64 valence electrons. The second kappa shape index (κ2) is 3.19. The SMILES string of the molecule is CCOC1(CC(=O)O)COC1. The summed E-state index contributed by atoms with van der Waals surface area (Å²) in [6, 6.07) is 0. The molecule has 0 bridgehead atoms. The average molecular weight is 160 g/mol. The number of carbonyl (C=O) groups is 1. The fourth-order valence-electron chi connectivity index (χ4n) is 1.15. The molecule has 1 fully saturated rings. The van der Waals surface area contributed by atoms with Gasteiger partial charge in [-0.05, 0) is 6.92 Å². The largest absolute Gasteiger partial charge is 0.481 e. The predicted molar refractivity (Wildman–Crippen MR) is 37.4 cm³/mol. The summed E-state index contributed by atoms with van der Waals surface area (Å²) in [6.45, 7) is 3.21. The minimum absolute atomic E-state index is 0.0425. The van der Waals surface area contributed by atoms with Gasteiger partial charge in [-0.1, -0.05) is 0 Å². The van der Waals surface area contributed by atoms with Crippen LogP contribution in [0.15, 0.2) is 0 Å². The zero-order valence-electron chi connectivity index (χ0n) is 6.50. The highest BCUT2D eigenvalue weighted by molar-refractivity contribution is 5.68. The number of hydrogen-bond acceptors (Lipinski definition) is 3. The molecule has 0 atom stereocenters. The van der Waals surface area contributed by atoms with Crippen molar-refractivity contribution in [2.75, 3.05) is 19.8 Å². The van der Waals surface area contributed by atoms with E-state index < -0.39 is 11.6 Å². The molecule has 1 heterocycles. The Morgan fingerprint density at radius 2 is 2.36 bits per heavy atom. The fourth-order valence-corrected chi connectivity index (χ4v) is 1.15. The summed E-state index contributed by atoms with van der Waals surface area (Å²) >= 11 is 0. The Hall–Kier alpha value is -0.610. The van der Waals surface area contributed by atoms with Gasteiger partial charge in [0.25, 0.3) is 0 Å². The average Bonchev–Trinajstić information content (AvgIpc) is 1.82. The molecule has 0 aromatic heterocycles. The van der Waals surface area contributed by atoms with Crippen LogP contribution in [0.1, 0.15) is 13.3 Å². The molecule has 0 spiro atoms. The van der Waals surface area contributed by atoms with Crippen molar-refractivity contribution < 1.29 is 19.4 Å². The van der Waals surface area contributed by atoms with Crippen molar-refractivity contribution >= 4 is 5.97 Å². The van der Waals surface area contributed by atoms with Gasteiger partial charge in [0.05, 0.1) is 19.6 Å². The first-order valence-corrected chi connectivity index (χ1v) is 3.62. The van der Waals surface area contributed by atoms with Crippen LogP contribution in [-0.2, 0) is 14.3 Å². The van der Waals surface area contributed by atoms with E-state index in [0.29, 0.717) is 19.8 Å². The lowest BCUT2D eigenvalue weighted by molar-refractivity contribution is -0.214. The van der Waals surface area contributed by atoms with E-state index in [2.05, 4.69) is 0 Å². The second-order valence-corrected chi connectivity index (χ2v) is 2.68. The lowest BCUT2D eigenvalue weighted by Gasteiger charge is -2.39. The maximum Gasteiger partial charge on any atom is 0.306 e. The monoisotopic (exact) mass is 160 g/mol. The van der Waals surface area contributed by atoms with Gasteiger partial charge in [-0.2, -0.15) is 0 Å².